The van der Waals surface area contributed by atoms with Crippen molar-refractivity contribution in [1.82, 2.24) is 0 Å². The molecule has 0 saturated heterocycles. The van der Waals surface area contributed by atoms with Crippen LogP contribution in [0.4, 0.5) is 0 Å². The summed E-state index contributed by atoms with van der Waals surface area (Å²) in [5.74, 6) is -5.80. The van der Waals surface area contributed by atoms with Crippen LogP contribution in [0.1, 0.15) is 12.8 Å². The molecule has 0 fully saturated rings. The van der Waals surface area contributed by atoms with Crippen molar-refractivity contribution in [2.24, 2.45) is 27.9 Å². The highest BCUT2D eigenvalue weighted by Gasteiger charge is 2.35. The number of carbonyl (C=O) groups excluding carboxylic acids is 4. The van der Waals surface area contributed by atoms with Crippen molar-refractivity contribution in [3.05, 3.63) is 0 Å². The number of esters is 4. The Kier molecular flexibility index (Phi) is 9.88. The molecule has 10 N–H and O–H groups in total. The highest BCUT2D eigenvalue weighted by molar-refractivity contribution is 5.95. The third kappa shape index (κ3) is 8.71. The lowest BCUT2D eigenvalue weighted by Gasteiger charge is -2.15. The minimum absolute atomic E-state index is 0.0641. The van der Waals surface area contributed by atoms with Crippen LogP contribution in [-0.4, -0.2) is 71.4 Å². The molecule has 0 saturated carbocycles. The molecule has 0 aromatic rings. The molecule has 0 spiro atoms. The van der Waals surface area contributed by atoms with Crippen LogP contribution in [0.15, 0.2) is 4.99 Å². The van der Waals surface area contributed by atoms with E-state index in [1.54, 1.807) is 0 Å². The first-order valence-electron chi connectivity index (χ1n) is 6.97. The van der Waals surface area contributed by atoms with Crippen LogP contribution >= 0.6 is 0 Å². The molecule has 0 rings (SSSR count). The van der Waals surface area contributed by atoms with E-state index in [1.165, 1.54) is 0 Å². The number of aliphatic hydroxyl groups is 2. The number of aliphatic hydroxyl groups excluding tert-OH is 2. The van der Waals surface area contributed by atoms with Gasteiger partial charge in [0.15, 0.2) is 18.2 Å². The van der Waals surface area contributed by atoms with Gasteiger partial charge in [-0.3, -0.25) is 9.79 Å². The maximum Gasteiger partial charge on any atom is 0.346 e. The average Bonchev–Trinajstić information content (AvgIpc) is 2.56. The van der Waals surface area contributed by atoms with Gasteiger partial charge in [-0.2, -0.15) is 0 Å². The Bertz CT molecular complexity index is 534. The number of nitrogens with two attached hydrogens (primary N) is 4. The fourth-order valence-corrected chi connectivity index (χ4v) is 1.34. The molecule has 0 aromatic carbocycles. The molecule has 0 aliphatic carbocycles. The zero-order chi connectivity index (χ0) is 19.6. The second-order valence-electron chi connectivity index (χ2n) is 4.68. The van der Waals surface area contributed by atoms with Crippen LogP contribution in [0.3, 0.4) is 0 Å². The number of ether oxygens (including phenoxy) is 2. The molecule has 142 valence electrons. The Hall–Kier alpha value is -2.61. The van der Waals surface area contributed by atoms with Crippen LogP contribution in [0.5, 0.6) is 0 Å². The van der Waals surface area contributed by atoms with E-state index in [9.17, 15) is 29.4 Å². The normalized spacial score (nSPS) is 13.9. The summed E-state index contributed by atoms with van der Waals surface area (Å²) in [5, 5.41) is 18.8. The molecule has 0 aliphatic rings. The first-order valence-corrected chi connectivity index (χ1v) is 6.97. The Morgan fingerprint density at radius 2 is 1.48 bits per heavy atom. The second-order valence-corrected chi connectivity index (χ2v) is 4.68. The van der Waals surface area contributed by atoms with E-state index < -0.39 is 48.7 Å². The molecule has 0 bridgehead atoms. The number of guanidine groups is 1. The van der Waals surface area contributed by atoms with Crippen molar-refractivity contribution in [2.75, 3.05) is 13.1 Å². The SMILES string of the molecule is NCC(=O)OC(=O)C(O)C(O)C(=O)OC(=O)[C@@H](N)CCCN=C(N)N. The Morgan fingerprint density at radius 1 is 0.960 bits per heavy atom. The molecule has 25 heavy (non-hydrogen) atoms. The number of nitrogens with zero attached hydrogens (tertiary/aromatic N) is 1. The lowest BCUT2D eigenvalue weighted by Crippen LogP contribution is -2.45. The third-order valence-electron chi connectivity index (χ3n) is 2.63. The summed E-state index contributed by atoms with van der Waals surface area (Å²) in [4.78, 5) is 48.8. The zero-order valence-corrected chi connectivity index (χ0v) is 13.2. The van der Waals surface area contributed by atoms with E-state index in [2.05, 4.69) is 14.5 Å². The Balaban J connectivity index is 4.44. The van der Waals surface area contributed by atoms with Crippen LogP contribution in [0.2, 0.25) is 0 Å². The van der Waals surface area contributed by atoms with Gasteiger partial charge in [-0.15, -0.1) is 0 Å². The van der Waals surface area contributed by atoms with Crippen molar-refractivity contribution in [3.63, 3.8) is 0 Å². The fraction of sp³-hybridized carbons (Fsp3) is 0.583. The van der Waals surface area contributed by atoms with E-state index in [0.717, 1.165) is 0 Å². The molecular formula is C12H21N5O8. The first kappa shape index (κ1) is 22.4. The summed E-state index contributed by atoms with van der Waals surface area (Å²) in [6, 6.07) is -1.23. The Labute approximate surface area is 141 Å². The predicted octanol–water partition coefficient (Wildman–Crippen LogP) is -4.81. The number of rotatable bonds is 9. The van der Waals surface area contributed by atoms with Gasteiger partial charge in [0.05, 0.1) is 6.54 Å². The van der Waals surface area contributed by atoms with Crippen molar-refractivity contribution >= 4 is 29.8 Å². The van der Waals surface area contributed by atoms with Crippen LogP contribution in [-0.2, 0) is 28.7 Å². The van der Waals surface area contributed by atoms with E-state index in [0.29, 0.717) is 6.42 Å². The summed E-state index contributed by atoms with van der Waals surface area (Å²) < 4.78 is 8.25. The van der Waals surface area contributed by atoms with Gasteiger partial charge in [0.1, 0.15) is 6.04 Å². The second kappa shape index (κ2) is 11.0. The lowest BCUT2D eigenvalue weighted by atomic mass is 10.1. The molecule has 0 heterocycles. The van der Waals surface area contributed by atoms with Gasteiger partial charge in [0.25, 0.3) is 0 Å². The Morgan fingerprint density at radius 3 is 1.96 bits per heavy atom. The van der Waals surface area contributed by atoms with Gasteiger partial charge < -0.3 is 42.6 Å². The largest absolute Gasteiger partial charge is 0.390 e. The van der Waals surface area contributed by atoms with E-state index in [4.69, 9.17) is 22.9 Å². The highest BCUT2D eigenvalue weighted by Crippen LogP contribution is 2.03. The third-order valence-corrected chi connectivity index (χ3v) is 2.63. The molecule has 13 heteroatoms. The highest BCUT2D eigenvalue weighted by atomic mass is 16.6. The van der Waals surface area contributed by atoms with Crippen molar-refractivity contribution in [2.45, 2.75) is 31.1 Å². The number of carbonyl (C=O) groups is 4. The van der Waals surface area contributed by atoms with Crippen molar-refractivity contribution < 1.29 is 38.9 Å². The summed E-state index contributed by atoms with van der Waals surface area (Å²) >= 11 is 0. The van der Waals surface area contributed by atoms with Gasteiger partial charge in [0.2, 0.25) is 0 Å². The minimum atomic E-state index is -2.46. The summed E-state index contributed by atoms with van der Waals surface area (Å²) in [6.45, 7) is -0.466. The topological polar surface area (TPSA) is 244 Å². The molecule has 0 amide bonds. The zero-order valence-electron chi connectivity index (χ0n) is 13.2. The van der Waals surface area contributed by atoms with Gasteiger partial charge in [-0.25, -0.2) is 14.4 Å². The van der Waals surface area contributed by atoms with Gasteiger partial charge >= 0.3 is 23.9 Å². The van der Waals surface area contributed by atoms with Crippen molar-refractivity contribution in [1.29, 1.82) is 0 Å². The summed E-state index contributed by atoms with van der Waals surface area (Å²) in [5.41, 5.74) is 20.6. The quantitative estimate of drug-likeness (QED) is 0.0742. The molecule has 3 atom stereocenters. The van der Waals surface area contributed by atoms with E-state index >= 15 is 0 Å². The van der Waals surface area contributed by atoms with Crippen LogP contribution in [0, 0.1) is 0 Å². The summed E-state index contributed by atoms with van der Waals surface area (Å²) in [6.07, 6.45) is -4.54. The number of hydrogen-bond donors (Lipinski definition) is 6. The maximum atomic E-state index is 11.6. The van der Waals surface area contributed by atoms with Gasteiger partial charge in [-0.05, 0) is 12.8 Å². The van der Waals surface area contributed by atoms with Crippen LogP contribution in [0.25, 0.3) is 0 Å². The van der Waals surface area contributed by atoms with E-state index in [1.807, 2.05) is 0 Å². The minimum Gasteiger partial charge on any atom is -0.390 e. The van der Waals surface area contributed by atoms with Crippen LogP contribution < -0.4 is 22.9 Å². The molecule has 2 unspecified atom stereocenters. The van der Waals surface area contributed by atoms with Gasteiger partial charge in [0, 0.05) is 6.54 Å². The summed E-state index contributed by atoms with van der Waals surface area (Å²) in [7, 11) is 0. The molecule has 13 nitrogen and oxygen atoms in total. The number of hydrogen-bond acceptors (Lipinski definition) is 11. The molecule has 0 aromatic heterocycles. The smallest absolute Gasteiger partial charge is 0.346 e. The lowest BCUT2D eigenvalue weighted by molar-refractivity contribution is -0.180. The number of aliphatic imine (C=N–C) groups is 1. The molecular weight excluding hydrogens is 342 g/mol. The van der Waals surface area contributed by atoms with Gasteiger partial charge in [-0.1, -0.05) is 0 Å². The van der Waals surface area contributed by atoms with E-state index in [-0.39, 0.29) is 18.9 Å². The maximum absolute atomic E-state index is 11.6. The monoisotopic (exact) mass is 363 g/mol. The average molecular weight is 363 g/mol. The van der Waals surface area contributed by atoms with Crippen molar-refractivity contribution in [3.8, 4) is 0 Å². The molecule has 0 radical (unpaired) electrons. The standard InChI is InChI=1S/C12H21N5O8/c13-4-6(18)24-10(22)7(19)8(20)11(23)25-9(21)5(14)2-1-3-17-12(15)16/h5,7-8,19-20H,1-4,13-14H2,(H4,15,16,17)/t5-,7?,8?/m0/s1. The predicted molar refractivity (Wildman–Crippen MR) is 81.2 cm³/mol. The first-order chi connectivity index (χ1) is 11.6. The fourth-order valence-electron chi connectivity index (χ4n) is 1.34. The molecule has 0 aliphatic heterocycles.